The standard InChI is InChI=1S/C13H23N3O2S/c1-8(2)14-7-12-15-16-13(19-12)18-11-5-9(3)17-10(4)6-11/h8-11,14H,5-7H2,1-4H3. The first-order valence-electron chi connectivity index (χ1n) is 6.90. The Morgan fingerprint density at radius 1 is 1.32 bits per heavy atom. The van der Waals surface area contributed by atoms with Gasteiger partial charge in [0.05, 0.1) is 18.8 Å². The van der Waals surface area contributed by atoms with Crippen LogP contribution in [-0.4, -0.2) is 34.6 Å². The van der Waals surface area contributed by atoms with Crippen LogP contribution in [0.4, 0.5) is 0 Å². The van der Waals surface area contributed by atoms with Crippen molar-refractivity contribution in [3.63, 3.8) is 0 Å². The Bertz CT molecular complexity index is 387. The SMILES string of the molecule is CC(C)NCc1nnc(OC2CC(C)OC(C)C2)s1. The summed E-state index contributed by atoms with van der Waals surface area (Å²) in [7, 11) is 0. The van der Waals surface area contributed by atoms with E-state index in [0.717, 1.165) is 24.4 Å². The molecule has 108 valence electrons. The highest BCUT2D eigenvalue weighted by Gasteiger charge is 2.26. The smallest absolute Gasteiger partial charge is 0.294 e. The summed E-state index contributed by atoms with van der Waals surface area (Å²) in [5.41, 5.74) is 0. The van der Waals surface area contributed by atoms with Crippen LogP contribution in [0, 0.1) is 0 Å². The number of nitrogens with zero attached hydrogens (tertiary/aromatic N) is 2. The van der Waals surface area contributed by atoms with E-state index in [-0.39, 0.29) is 18.3 Å². The summed E-state index contributed by atoms with van der Waals surface area (Å²) in [6.07, 6.45) is 2.54. The van der Waals surface area contributed by atoms with Gasteiger partial charge in [0.15, 0.2) is 0 Å². The number of aromatic nitrogens is 2. The second-order valence-corrected chi connectivity index (χ2v) is 6.49. The minimum absolute atomic E-state index is 0.192. The van der Waals surface area contributed by atoms with Crippen LogP contribution in [0.25, 0.3) is 0 Å². The Labute approximate surface area is 118 Å². The van der Waals surface area contributed by atoms with E-state index in [1.54, 1.807) is 0 Å². The number of rotatable bonds is 5. The molecule has 0 saturated carbocycles. The molecule has 1 saturated heterocycles. The largest absolute Gasteiger partial charge is 0.465 e. The molecule has 0 amide bonds. The molecule has 5 nitrogen and oxygen atoms in total. The highest BCUT2D eigenvalue weighted by atomic mass is 32.1. The quantitative estimate of drug-likeness (QED) is 0.900. The lowest BCUT2D eigenvalue weighted by Crippen LogP contribution is -2.35. The van der Waals surface area contributed by atoms with Crippen LogP contribution < -0.4 is 10.1 Å². The summed E-state index contributed by atoms with van der Waals surface area (Å²) < 4.78 is 11.6. The Morgan fingerprint density at radius 2 is 2.00 bits per heavy atom. The zero-order chi connectivity index (χ0) is 13.8. The van der Waals surface area contributed by atoms with Gasteiger partial charge in [0.25, 0.3) is 5.19 Å². The lowest BCUT2D eigenvalue weighted by molar-refractivity contribution is -0.0722. The fourth-order valence-corrected chi connectivity index (χ4v) is 2.94. The predicted octanol–water partition coefficient (Wildman–Crippen LogP) is 2.37. The Kier molecular flexibility index (Phi) is 5.13. The number of nitrogens with one attached hydrogen (secondary N) is 1. The second kappa shape index (κ2) is 6.63. The van der Waals surface area contributed by atoms with Gasteiger partial charge in [0.1, 0.15) is 11.1 Å². The maximum Gasteiger partial charge on any atom is 0.294 e. The van der Waals surface area contributed by atoms with Crippen LogP contribution >= 0.6 is 11.3 Å². The Hall–Kier alpha value is -0.720. The molecule has 1 aliphatic rings. The van der Waals surface area contributed by atoms with Crippen molar-refractivity contribution < 1.29 is 9.47 Å². The topological polar surface area (TPSA) is 56.3 Å². The molecular weight excluding hydrogens is 262 g/mol. The maximum atomic E-state index is 5.92. The normalized spacial score (nSPS) is 27.7. The molecule has 1 aromatic heterocycles. The van der Waals surface area contributed by atoms with E-state index < -0.39 is 0 Å². The van der Waals surface area contributed by atoms with Gasteiger partial charge in [-0.25, -0.2) is 0 Å². The fraction of sp³-hybridized carbons (Fsp3) is 0.846. The summed E-state index contributed by atoms with van der Waals surface area (Å²) in [5, 5.41) is 13.2. The van der Waals surface area contributed by atoms with Crippen LogP contribution in [-0.2, 0) is 11.3 Å². The van der Waals surface area contributed by atoms with Gasteiger partial charge in [-0.2, -0.15) is 0 Å². The van der Waals surface area contributed by atoms with Crippen LogP contribution in [0.15, 0.2) is 0 Å². The number of hydrogen-bond donors (Lipinski definition) is 1. The summed E-state index contributed by atoms with van der Waals surface area (Å²) in [5.74, 6) is 0. The first-order chi connectivity index (χ1) is 9.02. The van der Waals surface area contributed by atoms with Crippen molar-refractivity contribution >= 4 is 11.3 Å². The van der Waals surface area contributed by atoms with E-state index in [1.807, 2.05) is 0 Å². The zero-order valence-electron chi connectivity index (χ0n) is 12.0. The van der Waals surface area contributed by atoms with E-state index in [1.165, 1.54) is 11.3 Å². The molecule has 0 bridgehead atoms. The highest BCUT2D eigenvalue weighted by Crippen LogP contribution is 2.26. The third-order valence-electron chi connectivity index (χ3n) is 3.03. The molecule has 1 aromatic rings. The molecule has 2 heterocycles. The van der Waals surface area contributed by atoms with Crippen LogP contribution in [0.3, 0.4) is 0 Å². The molecule has 6 heteroatoms. The van der Waals surface area contributed by atoms with Crippen LogP contribution in [0.5, 0.6) is 5.19 Å². The van der Waals surface area contributed by atoms with E-state index >= 15 is 0 Å². The molecule has 19 heavy (non-hydrogen) atoms. The molecule has 0 aliphatic carbocycles. The molecular formula is C13H23N3O2S. The first-order valence-corrected chi connectivity index (χ1v) is 7.72. The lowest BCUT2D eigenvalue weighted by atomic mass is 10.0. The second-order valence-electron chi connectivity index (χ2n) is 5.47. The average molecular weight is 285 g/mol. The predicted molar refractivity (Wildman–Crippen MR) is 75.5 cm³/mol. The highest BCUT2D eigenvalue weighted by molar-refractivity contribution is 7.13. The minimum atomic E-state index is 0.192. The average Bonchev–Trinajstić information content (AvgIpc) is 2.72. The van der Waals surface area contributed by atoms with E-state index in [0.29, 0.717) is 11.2 Å². The van der Waals surface area contributed by atoms with Crippen LogP contribution in [0.1, 0.15) is 45.5 Å². The first kappa shape index (κ1) is 14.7. The molecule has 2 rings (SSSR count). The molecule has 0 aromatic carbocycles. The van der Waals surface area contributed by atoms with E-state index in [2.05, 4.69) is 43.2 Å². The van der Waals surface area contributed by atoms with Gasteiger partial charge >= 0.3 is 0 Å². The third-order valence-corrected chi connectivity index (χ3v) is 3.85. The molecule has 0 spiro atoms. The summed E-state index contributed by atoms with van der Waals surface area (Å²) in [4.78, 5) is 0. The van der Waals surface area contributed by atoms with E-state index in [4.69, 9.17) is 9.47 Å². The molecule has 2 atom stereocenters. The minimum Gasteiger partial charge on any atom is -0.465 e. The molecule has 2 unspecified atom stereocenters. The molecule has 1 N–H and O–H groups in total. The van der Waals surface area contributed by atoms with Gasteiger partial charge in [0, 0.05) is 18.9 Å². The van der Waals surface area contributed by atoms with Crippen molar-refractivity contribution in [1.29, 1.82) is 0 Å². The van der Waals surface area contributed by atoms with E-state index in [9.17, 15) is 0 Å². The van der Waals surface area contributed by atoms with Gasteiger partial charge in [-0.3, -0.25) is 0 Å². The van der Waals surface area contributed by atoms with Crippen molar-refractivity contribution in [3.05, 3.63) is 5.01 Å². The van der Waals surface area contributed by atoms with Crippen molar-refractivity contribution in [2.45, 2.75) is 71.4 Å². The maximum absolute atomic E-state index is 5.92. The number of ether oxygens (including phenoxy) is 2. The Balaban J connectivity index is 1.85. The fourth-order valence-electron chi connectivity index (χ4n) is 2.23. The molecule has 1 fully saturated rings. The molecule has 0 radical (unpaired) electrons. The molecule has 1 aliphatic heterocycles. The lowest BCUT2D eigenvalue weighted by Gasteiger charge is -2.31. The van der Waals surface area contributed by atoms with Gasteiger partial charge in [0.2, 0.25) is 0 Å². The van der Waals surface area contributed by atoms with Gasteiger partial charge < -0.3 is 14.8 Å². The van der Waals surface area contributed by atoms with Crippen molar-refractivity contribution in [2.24, 2.45) is 0 Å². The van der Waals surface area contributed by atoms with Crippen molar-refractivity contribution in [1.82, 2.24) is 15.5 Å². The summed E-state index contributed by atoms with van der Waals surface area (Å²) in [6, 6.07) is 0.450. The number of hydrogen-bond acceptors (Lipinski definition) is 6. The summed E-state index contributed by atoms with van der Waals surface area (Å²) in [6.45, 7) is 9.15. The third kappa shape index (κ3) is 4.71. The van der Waals surface area contributed by atoms with Gasteiger partial charge in [-0.15, -0.1) is 5.10 Å². The van der Waals surface area contributed by atoms with Crippen molar-refractivity contribution in [2.75, 3.05) is 0 Å². The summed E-state index contributed by atoms with van der Waals surface area (Å²) >= 11 is 1.52. The zero-order valence-corrected chi connectivity index (χ0v) is 12.9. The van der Waals surface area contributed by atoms with Gasteiger partial charge in [-0.1, -0.05) is 30.3 Å². The monoisotopic (exact) mass is 285 g/mol. The van der Waals surface area contributed by atoms with Crippen molar-refractivity contribution in [3.8, 4) is 5.19 Å². The van der Waals surface area contributed by atoms with Crippen LogP contribution in [0.2, 0.25) is 0 Å². The Morgan fingerprint density at radius 3 is 2.63 bits per heavy atom. The van der Waals surface area contributed by atoms with Gasteiger partial charge in [-0.05, 0) is 13.8 Å².